The summed E-state index contributed by atoms with van der Waals surface area (Å²) in [6.45, 7) is 18.2. The highest BCUT2D eigenvalue weighted by Gasteiger charge is 2.57. The number of allylic oxidation sites excluding steroid dienone is 3. The Labute approximate surface area is 169 Å². The monoisotopic (exact) mass is 371 g/mol. The fourth-order valence-corrected chi connectivity index (χ4v) is 7.44. The van der Waals surface area contributed by atoms with Crippen molar-refractivity contribution in [2.45, 2.75) is 85.0 Å². The molecule has 2 N–H and O–H groups in total. The molecule has 6 unspecified atom stereocenters. The van der Waals surface area contributed by atoms with E-state index in [0.29, 0.717) is 10.8 Å². The van der Waals surface area contributed by atoms with Crippen molar-refractivity contribution in [2.75, 3.05) is 7.05 Å². The predicted molar refractivity (Wildman–Crippen MR) is 121 cm³/mol. The molecular formula is C26H45N. The zero-order chi connectivity index (χ0) is 20.2. The van der Waals surface area contributed by atoms with Gasteiger partial charge in [-0.1, -0.05) is 58.3 Å². The highest BCUT2D eigenvalue weighted by Crippen LogP contribution is 2.66. The smallest absolute Gasteiger partial charge is 0.00190 e. The maximum atomic E-state index is 4.64. The van der Waals surface area contributed by atoms with E-state index in [2.05, 4.69) is 52.3 Å². The molecule has 0 aromatic rings. The Morgan fingerprint density at radius 3 is 2.41 bits per heavy atom. The van der Waals surface area contributed by atoms with Gasteiger partial charge in [0.25, 0.3) is 0 Å². The first-order chi connectivity index (χ1) is 13.0. The van der Waals surface area contributed by atoms with Crippen LogP contribution in [0.1, 0.15) is 85.0 Å². The summed E-state index contributed by atoms with van der Waals surface area (Å²) in [7, 11) is 1.50. The Bertz CT molecular complexity index is 546. The van der Waals surface area contributed by atoms with E-state index in [0.717, 1.165) is 23.7 Å². The van der Waals surface area contributed by atoms with E-state index >= 15 is 0 Å². The summed E-state index contributed by atoms with van der Waals surface area (Å²) in [5.41, 5.74) is 8.76. The Morgan fingerprint density at radius 1 is 1.04 bits per heavy atom. The molecule has 27 heavy (non-hydrogen) atoms. The quantitative estimate of drug-likeness (QED) is 0.506. The summed E-state index contributed by atoms with van der Waals surface area (Å²) >= 11 is 0. The van der Waals surface area contributed by atoms with E-state index in [1.54, 1.807) is 0 Å². The van der Waals surface area contributed by atoms with E-state index in [-0.39, 0.29) is 0 Å². The summed E-state index contributed by atoms with van der Waals surface area (Å²) in [6.07, 6.45) is 17.1. The molecule has 0 saturated heterocycles. The standard InChI is InChI=1S/C23H36.C2H4.CH5N/c1-5-8-18-11-13-20-19-12-10-17-9-6-7-14-22(17,3)21(19)15-16(2)23(18,20)4;2*1-2/h15,17-20H,2,5-14H2,1,3-4H3;1-2H2;2H2,1H3. The van der Waals surface area contributed by atoms with Crippen LogP contribution < -0.4 is 5.73 Å². The Hall–Kier alpha value is -0.820. The highest BCUT2D eigenvalue weighted by atomic mass is 14.6. The van der Waals surface area contributed by atoms with Gasteiger partial charge in [0.1, 0.15) is 0 Å². The second-order valence-electron chi connectivity index (χ2n) is 9.62. The largest absolute Gasteiger partial charge is 0.333 e. The molecule has 3 fully saturated rings. The van der Waals surface area contributed by atoms with E-state index in [1.807, 2.05) is 5.57 Å². The lowest BCUT2D eigenvalue weighted by Gasteiger charge is -2.56. The number of hydrogen-bond acceptors (Lipinski definition) is 1. The number of hydrogen-bond donors (Lipinski definition) is 1. The number of nitrogens with two attached hydrogens (primary N) is 1. The third kappa shape index (κ3) is 3.50. The molecule has 0 bridgehead atoms. The van der Waals surface area contributed by atoms with Crippen molar-refractivity contribution in [3.05, 3.63) is 37.0 Å². The van der Waals surface area contributed by atoms with Gasteiger partial charge < -0.3 is 5.73 Å². The van der Waals surface area contributed by atoms with Crippen LogP contribution in [0.4, 0.5) is 0 Å². The molecule has 0 aromatic heterocycles. The maximum absolute atomic E-state index is 4.64. The Balaban J connectivity index is 0.000000614. The topological polar surface area (TPSA) is 26.0 Å². The van der Waals surface area contributed by atoms with Gasteiger partial charge in [0.2, 0.25) is 0 Å². The molecule has 6 atom stereocenters. The molecule has 1 nitrogen and oxygen atoms in total. The van der Waals surface area contributed by atoms with Crippen LogP contribution in [-0.4, -0.2) is 7.05 Å². The first-order valence-electron chi connectivity index (χ1n) is 11.5. The van der Waals surface area contributed by atoms with Gasteiger partial charge in [-0.3, -0.25) is 0 Å². The second-order valence-corrected chi connectivity index (χ2v) is 9.62. The fraction of sp³-hybridized carbons (Fsp3) is 0.769. The van der Waals surface area contributed by atoms with Crippen molar-refractivity contribution in [3.63, 3.8) is 0 Å². The van der Waals surface area contributed by atoms with Crippen molar-refractivity contribution in [1.29, 1.82) is 0 Å². The van der Waals surface area contributed by atoms with Crippen LogP contribution in [0.25, 0.3) is 0 Å². The molecule has 3 saturated carbocycles. The minimum atomic E-state index is 0.405. The van der Waals surface area contributed by atoms with Gasteiger partial charge in [0, 0.05) is 0 Å². The molecule has 4 aliphatic carbocycles. The van der Waals surface area contributed by atoms with E-state index in [4.69, 9.17) is 0 Å². The average Bonchev–Trinajstić information content (AvgIpc) is 3.04. The highest BCUT2D eigenvalue weighted by molar-refractivity contribution is 5.41. The zero-order valence-corrected chi connectivity index (χ0v) is 18.7. The van der Waals surface area contributed by atoms with E-state index in [1.165, 1.54) is 76.8 Å². The number of fused-ring (bicyclic) bond motifs is 5. The summed E-state index contributed by atoms with van der Waals surface area (Å²) in [5, 5.41) is 0. The first kappa shape index (κ1) is 22.5. The third-order valence-electron chi connectivity index (χ3n) is 8.87. The molecule has 1 heteroatoms. The van der Waals surface area contributed by atoms with Gasteiger partial charge in [-0.15, -0.1) is 13.2 Å². The van der Waals surface area contributed by atoms with Crippen LogP contribution >= 0.6 is 0 Å². The Kier molecular flexibility index (Phi) is 7.59. The van der Waals surface area contributed by atoms with Crippen molar-refractivity contribution in [3.8, 4) is 0 Å². The van der Waals surface area contributed by atoms with Crippen LogP contribution in [0, 0.1) is 34.5 Å². The minimum absolute atomic E-state index is 0.405. The summed E-state index contributed by atoms with van der Waals surface area (Å²) in [5.74, 6) is 3.63. The predicted octanol–water partition coefficient (Wildman–Crippen LogP) is 7.30. The summed E-state index contributed by atoms with van der Waals surface area (Å²) in [6, 6.07) is 0. The zero-order valence-electron chi connectivity index (χ0n) is 18.7. The fourth-order valence-electron chi connectivity index (χ4n) is 7.44. The lowest BCUT2D eigenvalue weighted by Crippen LogP contribution is -2.47. The molecule has 4 rings (SSSR count). The summed E-state index contributed by atoms with van der Waals surface area (Å²) in [4.78, 5) is 0. The molecule has 0 spiro atoms. The Morgan fingerprint density at radius 2 is 1.74 bits per heavy atom. The lowest BCUT2D eigenvalue weighted by molar-refractivity contribution is 0.0477. The number of rotatable bonds is 2. The van der Waals surface area contributed by atoms with Gasteiger partial charge >= 0.3 is 0 Å². The van der Waals surface area contributed by atoms with Crippen LogP contribution in [0.2, 0.25) is 0 Å². The van der Waals surface area contributed by atoms with Crippen LogP contribution in [0.15, 0.2) is 37.0 Å². The summed E-state index contributed by atoms with van der Waals surface area (Å²) < 4.78 is 0. The normalized spacial score (nSPS) is 42.3. The second kappa shape index (κ2) is 9.12. The average molecular weight is 372 g/mol. The first-order valence-corrected chi connectivity index (χ1v) is 11.5. The van der Waals surface area contributed by atoms with Crippen molar-refractivity contribution in [2.24, 2.45) is 40.2 Å². The molecular weight excluding hydrogens is 326 g/mol. The third-order valence-corrected chi connectivity index (χ3v) is 8.87. The minimum Gasteiger partial charge on any atom is -0.333 e. The van der Waals surface area contributed by atoms with Crippen LogP contribution in [0.5, 0.6) is 0 Å². The van der Waals surface area contributed by atoms with Crippen LogP contribution in [0.3, 0.4) is 0 Å². The molecule has 0 amide bonds. The van der Waals surface area contributed by atoms with E-state index in [9.17, 15) is 0 Å². The van der Waals surface area contributed by atoms with Gasteiger partial charge in [-0.05, 0) is 92.1 Å². The van der Waals surface area contributed by atoms with Gasteiger partial charge in [-0.2, -0.15) is 0 Å². The van der Waals surface area contributed by atoms with Crippen molar-refractivity contribution < 1.29 is 0 Å². The van der Waals surface area contributed by atoms with Crippen LogP contribution in [-0.2, 0) is 0 Å². The van der Waals surface area contributed by atoms with Gasteiger partial charge in [0.15, 0.2) is 0 Å². The maximum Gasteiger partial charge on any atom is -0.00190 e. The van der Waals surface area contributed by atoms with Crippen molar-refractivity contribution >= 4 is 0 Å². The SMILES string of the molecule is C=C.C=C1C=C2C(CCC3CCCCC23C)C2CCC(CCC)C12C.CN. The molecule has 154 valence electrons. The lowest BCUT2D eigenvalue weighted by atomic mass is 9.48. The molecule has 0 heterocycles. The molecule has 0 radical (unpaired) electrons. The molecule has 0 aromatic carbocycles. The molecule has 4 aliphatic rings. The van der Waals surface area contributed by atoms with Crippen molar-refractivity contribution in [1.82, 2.24) is 0 Å². The molecule has 0 aliphatic heterocycles. The van der Waals surface area contributed by atoms with E-state index < -0.39 is 0 Å². The van der Waals surface area contributed by atoms with Gasteiger partial charge in [-0.25, -0.2) is 0 Å². The van der Waals surface area contributed by atoms with Gasteiger partial charge in [0.05, 0.1) is 0 Å².